The fourth-order valence-electron chi connectivity index (χ4n) is 3.74. The molecule has 1 aliphatic heterocycles. The van der Waals surface area contributed by atoms with Crippen LogP contribution in [0.5, 0.6) is 0 Å². The van der Waals surface area contributed by atoms with Crippen LogP contribution in [0.4, 0.5) is 0 Å². The number of nitrogens with one attached hydrogen (secondary N) is 2. The zero-order valence-corrected chi connectivity index (χ0v) is 19.5. The van der Waals surface area contributed by atoms with Gasteiger partial charge in [-0.3, -0.25) is 25.3 Å². The number of hydrogen-bond acceptors (Lipinski definition) is 6. The Hall–Kier alpha value is -3.47. The van der Waals surface area contributed by atoms with E-state index in [9.17, 15) is 18.0 Å². The number of hydrazine groups is 1. The predicted molar refractivity (Wildman–Crippen MR) is 125 cm³/mol. The highest BCUT2D eigenvalue weighted by Gasteiger charge is 2.28. The summed E-state index contributed by atoms with van der Waals surface area (Å²) in [5.74, 6) is -1.05. The summed E-state index contributed by atoms with van der Waals surface area (Å²) < 4.78 is 32.6. The van der Waals surface area contributed by atoms with E-state index in [4.69, 9.17) is 4.42 Å². The van der Waals surface area contributed by atoms with Gasteiger partial charge in [0.05, 0.1) is 11.2 Å². The fourth-order valence-corrected chi connectivity index (χ4v) is 5.17. The standard InChI is InChI=1S/C24H26N4O5S/c1-18-11-16-33-22(18)24(30)26-25-23(29)20-7-9-21(10-8-20)34(31,32)28-14-12-27(13-15-28)17-19-5-3-2-4-6-19/h2-11,16H,12-15,17H2,1H3,(H,25,29)(H,26,30). The third-order valence-electron chi connectivity index (χ3n) is 5.69. The average molecular weight is 483 g/mol. The molecule has 0 radical (unpaired) electrons. The second-order valence-electron chi connectivity index (χ2n) is 8.03. The maximum atomic E-state index is 13.1. The number of carbonyl (C=O) groups is 2. The number of carbonyl (C=O) groups excluding carboxylic acids is 2. The molecule has 10 heteroatoms. The minimum Gasteiger partial charge on any atom is -0.459 e. The normalized spacial score (nSPS) is 15.1. The molecule has 2 heterocycles. The topological polar surface area (TPSA) is 112 Å². The van der Waals surface area contributed by atoms with Crippen LogP contribution in [0, 0.1) is 6.92 Å². The van der Waals surface area contributed by atoms with Gasteiger partial charge in [0.15, 0.2) is 5.76 Å². The van der Waals surface area contributed by atoms with Gasteiger partial charge in [-0.05, 0) is 42.8 Å². The number of benzene rings is 2. The molecule has 4 rings (SSSR count). The van der Waals surface area contributed by atoms with Crippen LogP contribution in [0.25, 0.3) is 0 Å². The SMILES string of the molecule is Cc1ccoc1C(=O)NNC(=O)c1ccc(S(=O)(=O)N2CCN(Cc3ccccc3)CC2)cc1. The number of furan rings is 1. The van der Waals surface area contributed by atoms with Crippen molar-refractivity contribution in [3.8, 4) is 0 Å². The number of hydrogen-bond donors (Lipinski definition) is 2. The summed E-state index contributed by atoms with van der Waals surface area (Å²) in [6.45, 7) is 4.58. The van der Waals surface area contributed by atoms with Gasteiger partial charge in [0, 0.05) is 43.9 Å². The highest BCUT2D eigenvalue weighted by Crippen LogP contribution is 2.19. The number of aryl methyl sites for hydroxylation is 1. The van der Waals surface area contributed by atoms with Gasteiger partial charge < -0.3 is 4.42 Å². The zero-order valence-electron chi connectivity index (χ0n) is 18.7. The minimum absolute atomic E-state index is 0.102. The van der Waals surface area contributed by atoms with Gasteiger partial charge in [0.1, 0.15) is 0 Å². The van der Waals surface area contributed by atoms with Crippen LogP contribution in [-0.4, -0.2) is 55.6 Å². The maximum Gasteiger partial charge on any atom is 0.305 e. The Kier molecular flexibility index (Phi) is 7.11. The number of piperazine rings is 1. The smallest absolute Gasteiger partial charge is 0.305 e. The summed E-state index contributed by atoms with van der Waals surface area (Å²) in [7, 11) is -3.67. The van der Waals surface area contributed by atoms with E-state index >= 15 is 0 Å². The molecule has 2 amide bonds. The summed E-state index contributed by atoms with van der Waals surface area (Å²) in [6.07, 6.45) is 1.38. The second kappa shape index (κ2) is 10.2. The number of sulfonamides is 1. The Labute approximate surface area is 198 Å². The molecule has 0 saturated carbocycles. The monoisotopic (exact) mass is 482 g/mol. The van der Waals surface area contributed by atoms with Crippen LogP contribution in [-0.2, 0) is 16.6 Å². The van der Waals surface area contributed by atoms with Crippen molar-refractivity contribution in [2.24, 2.45) is 0 Å². The van der Waals surface area contributed by atoms with Gasteiger partial charge in [-0.2, -0.15) is 4.31 Å². The van der Waals surface area contributed by atoms with Crippen LogP contribution in [0.3, 0.4) is 0 Å². The molecule has 34 heavy (non-hydrogen) atoms. The molecule has 0 unspecified atom stereocenters. The molecule has 2 N–H and O–H groups in total. The maximum absolute atomic E-state index is 13.1. The summed E-state index contributed by atoms with van der Waals surface area (Å²) in [4.78, 5) is 26.7. The number of nitrogens with zero attached hydrogens (tertiary/aromatic N) is 2. The van der Waals surface area contributed by atoms with Crippen molar-refractivity contribution in [3.05, 3.63) is 89.4 Å². The minimum atomic E-state index is -3.67. The third-order valence-corrected chi connectivity index (χ3v) is 7.61. The first-order chi connectivity index (χ1) is 16.3. The molecule has 1 saturated heterocycles. The van der Waals surface area contributed by atoms with Crippen molar-refractivity contribution < 1.29 is 22.4 Å². The molecule has 3 aromatic rings. The van der Waals surface area contributed by atoms with Gasteiger partial charge in [-0.15, -0.1) is 0 Å². The van der Waals surface area contributed by atoms with Gasteiger partial charge >= 0.3 is 5.91 Å². The predicted octanol–water partition coefficient (Wildman–Crippen LogP) is 2.17. The summed E-state index contributed by atoms with van der Waals surface area (Å²) >= 11 is 0. The van der Waals surface area contributed by atoms with Crippen molar-refractivity contribution in [3.63, 3.8) is 0 Å². The first kappa shape index (κ1) is 23.7. The number of rotatable bonds is 6. The molecule has 2 aromatic carbocycles. The first-order valence-corrected chi connectivity index (χ1v) is 12.3. The molecule has 9 nitrogen and oxygen atoms in total. The summed E-state index contributed by atoms with van der Waals surface area (Å²) in [5.41, 5.74) is 6.62. The van der Waals surface area contributed by atoms with Crippen LogP contribution in [0.15, 0.2) is 76.2 Å². The lowest BCUT2D eigenvalue weighted by Crippen LogP contribution is -2.48. The van der Waals surface area contributed by atoms with E-state index in [0.717, 1.165) is 6.54 Å². The Morgan fingerprint density at radius 2 is 1.53 bits per heavy atom. The third kappa shape index (κ3) is 5.36. The van der Waals surface area contributed by atoms with Gasteiger partial charge in [0.2, 0.25) is 10.0 Å². The van der Waals surface area contributed by atoms with E-state index in [1.807, 2.05) is 18.2 Å². The Balaban J connectivity index is 1.32. The second-order valence-corrected chi connectivity index (χ2v) is 9.97. The molecule has 1 fully saturated rings. The fraction of sp³-hybridized carbons (Fsp3) is 0.250. The Morgan fingerprint density at radius 3 is 2.15 bits per heavy atom. The molecular formula is C24H26N4O5S. The van der Waals surface area contributed by atoms with E-state index in [1.165, 1.54) is 40.4 Å². The van der Waals surface area contributed by atoms with Crippen molar-refractivity contribution in [2.45, 2.75) is 18.4 Å². The Morgan fingerprint density at radius 1 is 0.882 bits per heavy atom. The highest BCUT2D eigenvalue weighted by atomic mass is 32.2. The molecule has 1 aromatic heterocycles. The molecule has 1 aliphatic rings. The number of amides is 2. The van der Waals surface area contributed by atoms with Crippen LogP contribution in [0.2, 0.25) is 0 Å². The molecular weight excluding hydrogens is 456 g/mol. The first-order valence-electron chi connectivity index (χ1n) is 10.9. The largest absolute Gasteiger partial charge is 0.459 e. The Bertz CT molecular complexity index is 1250. The lowest BCUT2D eigenvalue weighted by atomic mass is 10.2. The van der Waals surface area contributed by atoms with Crippen molar-refractivity contribution in [1.82, 2.24) is 20.1 Å². The average Bonchev–Trinajstić information content (AvgIpc) is 3.29. The summed E-state index contributed by atoms with van der Waals surface area (Å²) in [6, 6.07) is 17.4. The van der Waals surface area contributed by atoms with E-state index in [0.29, 0.717) is 31.7 Å². The van der Waals surface area contributed by atoms with E-state index in [2.05, 4.69) is 27.9 Å². The van der Waals surface area contributed by atoms with Gasteiger partial charge in [0.25, 0.3) is 5.91 Å². The molecule has 0 atom stereocenters. The quantitative estimate of drug-likeness (QED) is 0.521. The lowest BCUT2D eigenvalue weighted by molar-refractivity contribution is 0.0830. The zero-order chi connectivity index (χ0) is 24.1. The van der Waals surface area contributed by atoms with E-state index < -0.39 is 21.8 Å². The molecule has 0 spiro atoms. The van der Waals surface area contributed by atoms with Gasteiger partial charge in [-0.1, -0.05) is 30.3 Å². The lowest BCUT2D eigenvalue weighted by Gasteiger charge is -2.34. The molecule has 178 valence electrons. The van der Waals surface area contributed by atoms with Crippen LogP contribution >= 0.6 is 0 Å². The van der Waals surface area contributed by atoms with E-state index in [-0.39, 0.29) is 16.2 Å². The van der Waals surface area contributed by atoms with Gasteiger partial charge in [-0.25, -0.2) is 8.42 Å². The van der Waals surface area contributed by atoms with Crippen LogP contribution < -0.4 is 10.9 Å². The van der Waals surface area contributed by atoms with E-state index in [1.54, 1.807) is 13.0 Å². The van der Waals surface area contributed by atoms with Crippen molar-refractivity contribution in [2.75, 3.05) is 26.2 Å². The molecule has 0 bridgehead atoms. The highest BCUT2D eigenvalue weighted by molar-refractivity contribution is 7.89. The molecule has 0 aliphatic carbocycles. The summed E-state index contributed by atoms with van der Waals surface area (Å²) in [5, 5.41) is 0. The van der Waals surface area contributed by atoms with Crippen molar-refractivity contribution >= 4 is 21.8 Å². The van der Waals surface area contributed by atoms with Crippen LogP contribution in [0.1, 0.15) is 32.0 Å². The van der Waals surface area contributed by atoms with Crippen molar-refractivity contribution in [1.29, 1.82) is 0 Å².